The summed E-state index contributed by atoms with van der Waals surface area (Å²) in [5.41, 5.74) is 5.95. The predicted octanol–water partition coefficient (Wildman–Crippen LogP) is 6.20. The second-order valence-corrected chi connectivity index (χ2v) is 9.70. The van der Waals surface area contributed by atoms with Gasteiger partial charge >= 0.3 is 7.48 Å². The van der Waals surface area contributed by atoms with E-state index in [1.165, 1.54) is 27.6 Å². The van der Waals surface area contributed by atoms with Gasteiger partial charge < -0.3 is 14.2 Å². The lowest BCUT2D eigenvalue weighted by atomic mass is 9.79. The van der Waals surface area contributed by atoms with Crippen molar-refractivity contribution in [2.24, 2.45) is 0 Å². The monoisotopic (exact) mass is 419 g/mol. The smallest absolute Gasteiger partial charge is 0.331 e. The second kappa shape index (κ2) is 6.47. The number of benzene rings is 4. The molecule has 157 valence electrons. The first-order valence-electron chi connectivity index (χ1n) is 11.0. The van der Waals surface area contributed by atoms with Crippen molar-refractivity contribution in [2.45, 2.75) is 38.9 Å². The van der Waals surface area contributed by atoms with Crippen molar-refractivity contribution in [3.05, 3.63) is 66.7 Å². The zero-order valence-electron chi connectivity index (χ0n) is 18.7. The predicted molar refractivity (Wildman–Crippen MR) is 133 cm³/mol. The van der Waals surface area contributed by atoms with Crippen LogP contribution < -0.4 is 5.46 Å². The molecule has 1 aromatic heterocycles. The van der Waals surface area contributed by atoms with E-state index in [2.05, 4.69) is 54.6 Å². The van der Waals surface area contributed by atoms with E-state index in [4.69, 9.17) is 9.07 Å². The van der Waals surface area contributed by atoms with E-state index in [0.717, 1.165) is 32.8 Å². The highest BCUT2D eigenvalue weighted by Gasteiger charge is 2.36. The van der Waals surface area contributed by atoms with Gasteiger partial charge in [-0.1, -0.05) is 54.6 Å². The van der Waals surface area contributed by atoms with Crippen LogP contribution in [-0.2, 0) is 4.65 Å². The molecule has 1 N–H and O–H groups in total. The van der Waals surface area contributed by atoms with Crippen molar-refractivity contribution in [2.75, 3.05) is 0 Å². The van der Waals surface area contributed by atoms with Gasteiger partial charge in [-0.2, -0.15) is 0 Å². The van der Waals surface area contributed by atoms with Gasteiger partial charge in [0.1, 0.15) is 11.2 Å². The molecule has 5 aromatic rings. The van der Waals surface area contributed by atoms with Gasteiger partial charge in [0.15, 0.2) is 0 Å². The number of fused-ring (bicyclic) bond motifs is 7. The summed E-state index contributed by atoms with van der Waals surface area (Å²) in [6, 6.07) is 23.2. The summed E-state index contributed by atoms with van der Waals surface area (Å²) in [4.78, 5) is 0. The third-order valence-electron chi connectivity index (χ3n) is 7.12. The molecule has 0 bridgehead atoms. The molecule has 1 aliphatic rings. The molecule has 1 heterocycles. The quantitative estimate of drug-likeness (QED) is 0.346. The van der Waals surface area contributed by atoms with Crippen LogP contribution >= 0.6 is 0 Å². The lowest BCUT2D eigenvalue weighted by Crippen LogP contribution is -2.49. The fourth-order valence-electron chi connectivity index (χ4n) is 4.63. The summed E-state index contributed by atoms with van der Waals surface area (Å²) in [5, 5.41) is 15.1. The van der Waals surface area contributed by atoms with Crippen molar-refractivity contribution in [3.8, 4) is 22.3 Å². The van der Waals surface area contributed by atoms with Crippen molar-refractivity contribution < 1.29 is 14.2 Å². The van der Waals surface area contributed by atoms with Crippen LogP contribution in [0.3, 0.4) is 0 Å². The minimum absolute atomic E-state index is 0.743. The first-order chi connectivity index (χ1) is 15.3. The number of aliphatic hydroxyl groups is 1. The zero-order chi connectivity index (χ0) is 22.3. The molecule has 0 saturated heterocycles. The molecule has 32 heavy (non-hydrogen) atoms. The van der Waals surface area contributed by atoms with Crippen molar-refractivity contribution in [1.29, 1.82) is 0 Å². The average Bonchev–Trinajstić information content (AvgIpc) is 3.29. The molecular weight excluding hydrogens is 395 g/mol. The highest BCUT2D eigenvalue weighted by atomic mass is 16.5. The van der Waals surface area contributed by atoms with Gasteiger partial charge in [0.2, 0.25) is 0 Å². The number of rotatable bonds is 4. The molecular formula is C28H24BO3. The van der Waals surface area contributed by atoms with Gasteiger partial charge in [0.05, 0.1) is 11.2 Å². The summed E-state index contributed by atoms with van der Waals surface area (Å²) < 4.78 is 12.4. The van der Waals surface area contributed by atoms with Crippen molar-refractivity contribution >= 4 is 45.7 Å². The molecule has 3 nitrogen and oxygen atoms in total. The van der Waals surface area contributed by atoms with Gasteiger partial charge in [0.25, 0.3) is 0 Å². The van der Waals surface area contributed by atoms with Crippen LogP contribution in [0, 0.1) is 0 Å². The molecule has 0 amide bonds. The van der Waals surface area contributed by atoms with Gasteiger partial charge in [-0.15, -0.1) is 0 Å². The van der Waals surface area contributed by atoms with Crippen LogP contribution in [-0.4, -0.2) is 23.8 Å². The lowest BCUT2D eigenvalue weighted by molar-refractivity contribution is -0.0893. The van der Waals surface area contributed by atoms with E-state index in [-0.39, 0.29) is 0 Å². The topological polar surface area (TPSA) is 42.6 Å². The Morgan fingerprint density at radius 3 is 2.25 bits per heavy atom. The minimum atomic E-state index is -0.986. The van der Waals surface area contributed by atoms with E-state index in [1.54, 1.807) is 21.3 Å². The van der Waals surface area contributed by atoms with E-state index >= 15 is 0 Å². The third kappa shape index (κ3) is 2.63. The molecule has 0 unspecified atom stereocenters. The van der Waals surface area contributed by atoms with Crippen LogP contribution in [0.4, 0.5) is 0 Å². The Morgan fingerprint density at radius 1 is 0.750 bits per heavy atom. The second-order valence-electron chi connectivity index (χ2n) is 9.70. The number of furan rings is 1. The largest absolute Gasteiger partial charge is 0.456 e. The molecule has 0 aliphatic heterocycles. The first kappa shape index (κ1) is 19.6. The maximum Gasteiger partial charge on any atom is 0.331 e. The highest BCUT2D eigenvalue weighted by molar-refractivity contribution is 6.53. The normalized spacial score (nSPS) is 13.3. The molecule has 1 aliphatic carbocycles. The Morgan fingerprint density at radius 2 is 1.47 bits per heavy atom. The standard InChI is InChI=1S/C28H24BO3/c1-27(2,30)28(3,4)32-29-21-14-13-18-16-9-5-6-10-17(16)26-24(18)20(21)15-23-25(26)19-11-7-8-12-22(19)31-23/h5-15,30H,1-4H3. The summed E-state index contributed by atoms with van der Waals surface area (Å²) in [5.74, 6) is 0. The fraction of sp³-hybridized carbons (Fsp3) is 0.214. The van der Waals surface area contributed by atoms with Crippen LogP contribution in [0.25, 0.3) is 55.0 Å². The van der Waals surface area contributed by atoms with Gasteiger partial charge in [0, 0.05) is 16.3 Å². The molecule has 0 atom stereocenters. The Balaban J connectivity index is 1.65. The van der Waals surface area contributed by atoms with E-state index < -0.39 is 11.2 Å². The maximum absolute atomic E-state index is 10.5. The average molecular weight is 419 g/mol. The molecule has 1 radical (unpaired) electrons. The van der Waals surface area contributed by atoms with E-state index in [1.807, 2.05) is 26.0 Å². The molecule has 0 saturated carbocycles. The molecule has 4 aromatic carbocycles. The fourth-order valence-corrected chi connectivity index (χ4v) is 4.63. The van der Waals surface area contributed by atoms with Crippen LogP contribution in [0.1, 0.15) is 27.7 Å². The van der Waals surface area contributed by atoms with E-state index in [9.17, 15) is 5.11 Å². The summed E-state index contributed by atoms with van der Waals surface area (Å²) in [7, 11) is 1.78. The first-order valence-corrected chi connectivity index (χ1v) is 11.0. The van der Waals surface area contributed by atoms with Gasteiger partial charge in [-0.25, -0.2) is 0 Å². The summed E-state index contributed by atoms with van der Waals surface area (Å²) >= 11 is 0. The third-order valence-corrected chi connectivity index (χ3v) is 7.12. The van der Waals surface area contributed by atoms with Gasteiger partial charge in [-0.3, -0.25) is 0 Å². The minimum Gasteiger partial charge on any atom is -0.456 e. The zero-order valence-corrected chi connectivity index (χ0v) is 18.7. The summed E-state index contributed by atoms with van der Waals surface area (Å²) in [6.07, 6.45) is 0. The lowest BCUT2D eigenvalue weighted by Gasteiger charge is -2.37. The van der Waals surface area contributed by atoms with Gasteiger partial charge in [-0.05, 0) is 72.8 Å². The SMILES string of the molecule is CC(C)(O)C(C)(C)O[B]c1ccc2c3c(c4c(cc13)oc1ccccc14)-c1ccccc1-2. The number of hydrogen-bond acceptors (Lipinski definition) is 3. The summed E-state index contributed by atoms with van der Waals surface area (Å²) in [6.45, 7) is 7.33. The number of hydrogen-bond donors (Lipinski definition) is 1. The number of para-hydroxylation sites is 1. The van der Waals surface area contributed by atoms with Crippen LogP contribution in [0.5, 0.6) is 0 Å². The Labute approximate surface area is 187 Å². The molecule has 0 spiro atoms. The van der Waals surface area contributed by atoms with E-state index in [0.29, 0.717) is 0 Å². The molecule has 4 heteroatoms. The van der Waals surface area contributed by atoms with Crippen molar-refractivity contribution in [3.63, 3.8) is 0 Å². The van der Waals surface area contributed by atoms with Crippen molar-refractivity contribution in [1.82, 2.24) is 0 Å². The Bertz CT molecular complexity index is 1540. The molecule has 0 fully saturated rings. The Kier molecular flexibility index (Phi) is 3.96. The maximum atomic E-state index is 10.5. The van der Waals surface area contributed by atoms with Crippen LogP contribution in [0.2, 0.25) is 0 Å². The Hall–Kier alpha value is -3.08. The van der Waals surface area contributed by atoms with Crippen LogP contribution in [0.15, 0.2) is 71.1 Å². The highest BCUT2D eigenvalue weighted by Crippen LogP contribution is 2.51. The molecule has 6 rings (SSSR count).